The highest BCUT2D eigenvalue weighted by Gasteiger charge is 2.38. The van der Waals surface area contributed by atoms with Gasteiger partial charge in [0.25, 0.3) is 0 Å². The maximum atomic E-state index is 13.4. The fourth-order valence-electron chi connectivity index (χ4n) is 3.96. The Morgan fingerprint density at radius 1 is 1.24 bits per heavy atom. The van der Waals surface area contributed by atoms with Crippen molar-refractivity contribution in [1.82, 2.24) is 9.97 Å². The molecule has 2 aromatic rings. The number of anilines is 2. The molecule has 0 spiro atoms. The van der Waals surface area contributed by atoms with E-state index in [0.717, 1.165) is 16.7 Å². The summed E-state index contributed by atoms with van der Waals surface area (Å²) in [7, 11) is 1.68. The summed E-state index contributed by atoms with van der Waals surface area (Å²) in [5.41, 5.74) is 7.49. The van der Waals surface area contributed by atoms with Crippen LogP contribution in [0.25, 0.3) is 5.57 Å². The quantitative estimate of drug-likeness (QED) is 0.524. The van der Waals surface area contributed by atoms with Gasteiger partial charge in [0.2, 0.25) is 5.95 Å². The normalized spacial score (nSPS) is 17.3. The minimum absolute atomic E-state index is 0.117. The Balaban J connectivity index is 2.02. The van der Waals surface area contributed by atoms with Crippen LogP contribution in [0.5, 0.6) is 0 Å². The number of aromatic nitrogens is 2. The summed E-state index contributed by atoms with van der Waals surface area (Å²) in [6.45, 7) is 11.5. The van der Waals surface area contributed by atoms with E-state index in [1.807, 2.05) is 45.0 Å². The Bertz CT molecular complexity index is 1170. The van der Waals surface area contributed by atoms with E-state index in [4.69, 9.17) is 15.2 Å². The van der Waals surface area contributed by atoms with Gasteiger partial charge in [-0.25, -0.2) is 19.5 Å². The van der Waals surface area contributed by atoms with Gasteiger partial charge in [0, 0.05) is 31.2 Å². The number of ether oxygens (including phenoxy) is 2. The summed E-state index contributed by atoms with van der Waals surface area (Å²) in [5.74, 6) is 0.625. The molecule has 1 fully saturated rings. The number of aliphatic imine (C=N–C) groups is 1. The minimum atomic E-state index is -0.738. The number of benzene rings is 1. The van der Waals surface area contributed by atoms with Crippen LogP contribution in [0, 0.1) is 5.92 Å². The van der Waals surface area contributed by atoms with Crippen LogP contribution in [0.15, 0.2) is 47.7 Å². The molecule has 3 rings (SSSR count). The standard InChI is InChI=1S/C27H36N6O4/c1-17(2)22-16-36-25(34)33(22)23-12-13-30-24(31-23)32(26(35)37-27(4,5)6)18(3)19-8-10-20(11-9-19)21(14-28)15-29-7/h8-15,17-18,22H,16,28H2,1-7H3/t18-,22+/m0/s1. The second kappa shape index (κ2) is 11.4. The van der Waals surface area contributed by atoms with Gasteiger partial charge in [-0.05, 0) is 50.8 Å². The van der Waals surface area contributed by atoms with Crippen molar-refractivity contribution in [3.8, 4) is 0 Å². The van der Waals surface area contributed by atoms with Crippen molar-refractivity contribution in [2.75, 3.05) is 23.5 Å². The molecule has 2 amide bonds. The molecular weight excluding hydrogens is 472 g/mol. The Labute approximate surface area is 218 Å². The lowest BCUT2D eigenvalue weighted by atomic mass is 10.0. The molecule has 0 aliphatic carbocycles. The first-order valence-electron chi connectivity index (χ1n) is 12.2. The number of nitrogens with zero attached hydrogens (tertiary/aromatic N) is 5. The summed E-state index contributed by atoms with van der Waals surface area (Å²) in [6.07, 6.45) is 3.61. The molecule has 0 radical (unpaired) electrons. The van der Waals surface area contributed by atoms with Gasteiger partial charge < -0.3 is 15.2 Å². The van der Waals surface area contributed by atoms with Gasteiger partial charge in [0.1, 0.15) is 18.0 Å². The second-order valence-corrected chi connectivity index (χ2v) is 10.1. The lowest BCUT2D eigenvalue weighted by Gasteiger charge is -2.31. The molecule has 2 heterocycles. The first-order chi connectivity index (χ1) is 17.5. The number of nitrogens with two attached hydrogens (primary N) is 1. The van der Waals surface area contributed by atoms with E-state index in [-0.39, 0.29) is 24.5 Å². The molecule has 1 aliphatic heterocycles. The van der Waals surface area contributed by atoms with Gasteiger partial charge in [-0.15, -0.1) is 0 Å². The summed E-state index contributed by atoms with van der Waals surface area (Å²) < 4.78 is 11.0. The highest BCUT2D eigenvalue weighted by Crippen LogP contribution is 2.31. The third-order valence-electron chi connectivity index (χ3n) is 5.92. The fourth-order valence-corrected chi connectivity index (χ4v) is 3.96. The van der Waals surface area contributed by atoms with Crippen LogP contribution in [-0.2, 0) is 9.47 Å². The predicted octanol–water partition coefficient (Wildman–Crippen LogP) is 4.96. The maximum Gasteiger partial charge on any atom is 0.417 e. The van der Waals surface area contributed by atoms with E-state index in [2.05, 4.69) is 15.0 Å². The van der Waals surface area contributed by atoms with E-state index in [9.17, 15) is 9.59 Å². The SMILES string of the molecule is CN=CC(=CN)c1ccc([C@H](C)N(C(=O)OC(C)(C)C)c2nccc(N3C(=O)OC[C@@H]3C(C)C)n2)cc1. The van der Waals surface area contributed by atoms with Crippen molar-refractivity contribution < 1.29 is 19.1 Å². The van der Waals surface area contributed by atoms with Crippen LogP contribution in [-0.4, -0.2) is 53.7 Å². The zero-order valence-electron chi connectivity index (χ0n) is 22.5. The lowest BCUT2D eigenvalue weighted by Crippen LogP contribution is -2.41. The molecule has 37 heavy (non-hydrogen) atoms. The number of rotatable bonds is 7. The highest BCUT2D eigenvalue weighted by molar-refractivity contribution is 6.09. The molecule has 2 atom stereocenters. The average molecular weight is 509 g/mol. The molecule has 0 unspecified atom stereocenters. The molecule has 2 N–H and O–H groups in total. The van der Waals surface area contributed by atoms with Gasteiger partial charge in [-0.1, -0.05) is 38.1 Å². The minimum Gasteiger partial charge on any atom is -0.447 e. The zero-order valence-corrected chi connectivity index (χ0v) is 22.5. The van der Waals surface area contributed by atoms with Crippen LogP contribution in [0.1, 0.15) is 58.7 Å². The summed E-state index contributed by atoms with van der Waals surface area (Å²) in [6, 6.07) is 8.59. The molecule has 1 aliphatic rings. The molecule has 10 heteroatoms. The lowest BCUT2D eigenvalue weighted by molar-refractivity contribution is 0.0564. The van der Waals surface area contributed by atoms with Crippen LogP contribution >= 0.6 is 0 Å². The molecule has 0 saturated carbocycles. The summed E-state index contributed by atoms with van der Waals surface area (Å²) in [5, 5.41) is 0. The van der Waals surface area contributed by atoms with Crippen LogP contribution in [0.4, 0.5) is 21.4 Å². The second-order valence-electron chi connectivity index (χ2n) is 10.1. The van der Waals surface area contributed by atoms with Crippen molar-refractivity contribution in [1.29, 1.82) is 0 Å². The number of hydrogen-bond acceptors (Lipinski definition) is 8. The monoisotopic (exact) mass is 508 g/mol. The molecule has 198 valence electrons. The van der Waals surface area contributed by atoms with Crippen molar-refractivity contribution in [3.63, 3.8) is 0 Å². The van der Waals surface area contributed by atoms with E-state index >= 15 is 0 Å². The van der Waals surface area contributed by atoms with E-state index in [1.165, 1.54) is 22.2 Å². The van der Waals surface area contributed by atoms with E-state index < -0.39 is 23.8 Å². The average Bonchev–Trinajstić information content (AvgIpc) is 3.23. The summed E-state index contributed by atoms with van der Waals surface area (Å²) in [4.78, 5) is 41.9. The first kappa shape index (κ1) is 27.6. The highest BCUT2D eigenvalue weighted by atomic mass is 16.6. The third-order valence-corrected chi connectivity index (χ3v) is 5.92. The van der Waals surface area contributed by atoms with Gasteiger partial charge in [0.05, 0.1) is 12.1 Å². The topological polar surface area (TPSA) is 123 Å². The Kier molecular flexibility index (Phi) is 8.52. The van der Waals surface area contributed by atoms with Gasteiger partial charge >= 0.3 is 12.2 Å². The number of hydrogen-bond donors (Lipinski definition) is 1. The third kappa shape index (κ3) is 6.44. The number of carbonyl (C=O) groups is 2. The predicted molar refractivity (Wildman–Crippen MR) is 145 cm³/mol. The Morgan fingerprint density at radius 3 is 2.49 bits per heavy atom. The van der Waals surface area contributed by atoms with Gasteiger partial charge in [-0.2, -0.15) is 4.98 Å². The van der Waals surface area contributed by atoms with Crippen LogP contribution in [0.3, 0.4) is 0 Å². The molecule has 1 aromatic heterocycles. The molecule has 0 bridgehead atoms. The number of amides is 2. The Morgan fingerprint density at radius 2 is 1.92 bits per heavy atom. The van der Waals surface area contributed by atoms with Crippen LogP contribution < -0.4 is 15.5 Å². The van der Waals surface area contributed by atoms with Gasteiger partial charge in [-0.3, -0.25) is 9.89 Å². The molecule has 10 nitrogen and oxygen atoms in total. The van der Waals surface area contributed by atoms with Crippen molar-refractivity contribution in [3.05, 3.63) is 53.9 Å². The summed E-state index contributed by atoms with van der Waals surface area (Å²) >= 11 is 0. The van der Waals surface area contributed by atoms with Crippen molar-refractivity contribution >= 4 is 35.7 Å². The first-order valence-corrected chi connectivity index (χ1v) is 12.2. The smallest absolute Gasteiger partial charge is 0.417 e. The van der Waals surface area contributed by atoms with Crippen molar-refractivity contribution in [2.24, 2.45) is 16.6 Å². The molecule has 1 aromatic carbocycles. The van der Waals surface area contributed by atoms with Crippen molar-refractivity contribution in [2.45, 2.75) is 59.2 Å². The van der Waals surface area contributed by atoms with Crippen LogP contribution in [0.2, 0.25) is 0 Å². The van der Waals surface area contributed by atoms with E-state index in [1.54, 1.807) is 40.1 Å². The largest absolute Gasteiger partial charge is 0.447 e. The Hall–Kier alpha value is -3.95. The molecule has 1 saturated heterocycles. The van der Waals surface area contributed by atoms with Gasteiger partial charge in [0.15, 0.2) is 0 Å². The maximum absolute atomic E-state index is 13.4. The fraction of sp³-hybridized carbons (Fsp3) is 0.444. The zero-order chi connectivity index (χ0) is 27.3. The number of allylic oxidation sites excluding steroid dienone is 1. The van der Waals surface area contributed by atoms with E-state index in [0.29, 0.717) is 5.82 Å². The number of cyclic esters (lactones) is 1. The molecular formula is C27H36N6O4. The number of carbonyl (C=O) groups excluding carboxylic acids is 2.